The summed E-state index contributed by atoms with van der Waals surface area (Å²) >= 11 is 0. The molecule has 5 heteroatoms. The zero-order valence-corrected chi connectivity index (χ0v) is 16.3. The summed E-state index contributed by atoms with van der Waals surface area (Å²) in [5.74, 6) is -0.00670. The summed E-state index contributed by atoms with van der Waals surface area (Å²) < 4.78 is 5.97. The van der Waals surface area contributed by atoms with E-state index in [1.54, 1.807) is 0 Å². The van der Waals surface area contributed by atoms with Gasteiger partial charge in [0.2, 0.25) is 0 Å². The Bertz CT molecular complexity index is 974. The van der Waals surface area contributed by atoms with Crippen LogP contribution in [0, 0.1) is 13.8 Å². The van der Waals surface area contributed by atoms with Crippen molar-refractivity contribution < 1.29 is 9.53 Å². The Hall–Kier alpha value is -2.95. The molecule has 3 aromatic rings. The molecule has 4 rings (SSSR count). The van der Waals surface area contributed by atoms with Crippen LogP contribution in [0.4, 0.5) is 0 Å². The molecule has 1 amide bonds. The van der Waals surface area contributed by atoms with E-state index in [1.165, 1.54) is 0 Å². The van der Waals surface area contributed by atoms with Crippen molar-refractivity contribution in [3.8, 4) is 6.01 Å². The van der Waals surface area contributed by atoms with Gasteiger partial charge < -0.3 is 10.1 Å². The van der Waals surface area contributed by atoms with Crippen molar-refractivity contribution in [1.29, 1.82) is 0 Å². The van der Waals surface area contributed by atoms with E-state index in [-0.39, 0.29) is 18.1 Å². The molecule has 1 N–H and O–H groups in total. The summed E-state index contributed by atoms with van der Waals surface area (Å²) in [4.78, 5) is 21.4. The predicted octanol–water partition coefficient (Wildman–Crippen LogP) is 4.37. The number of ether oxygens (including phenoxy) is 1. The van der Waals surface area contributed by atoms with Gasteiger partial charge in [-0.2, -0.15) is 0 Å². The number of carbonyl (C=O) groups excluding carboxylic acids is 1. The topological polar surface area (TPSA) is 64.1 Å². The highest BCUT2D eigenvalue weighted by Crippen LogP contribution is 2.23. The Morgan fingerprint density at radius 1 is 0.929 bits per heavy atom. The first-order chi connectivity index (χ1) is 13.6. The third-order valence-corrected chi connectivity index (χ3v) is 5.25. The van der Waals surface area contributed by atoms with Gasteiger partial charge in [0.25, 0.3) is 5.91 Å². The van der Waals surface area contributed by atoms with Gasteiger partial charge in [-0.3, -0.25) is 4.79 Å². The molecule has 0 bridgehead atoms. The molecule has 0 atom stereocenters. The van der Waals surface area contributed by atoms with E-state index in [1.807, 2.05) is 56.3 Å². The first-order valence-electron chi connectivity index (χ1n) is 9.85. The molecule has 0 unspecified atom stereocenters. The standard InChI is InChI=1S/C23H25N3O2/c1-15-13-16(2)25-23(24-15)28-21-11-9-20(10-12-21)26-22(27)19-8-7-17-5-3-4-6-18(17)14-19/h3-8,13-14,20-21H,9-12H2,1-2H3,(H,26,27). The zero-order valence-electron chi connectivity index (χ0n) is 16.3. The van der Waals surface area contributed by atoms with Gasteiger partial charge in [0.15, 0.2) is 0 Å². The van der Waals surface area contributed by atoms with Crippen molar-refractivity contribution in [2.75, 3.05) is 0 Å². The minimum Gasteiger partial charge on any atom is -0.460 e. The van der Waals surface area contributed by atoms with Gasteiger partial charge in [-0.05, 0) is 68.5 Å². The Kier molecular flexibility index (Phi) is 5.24. The summed E-state index contributed by atoms with van der Waals surface area (Å²) in [6.07, 6.45) is 3.68. The number of benzene rings is 2. The van der Waals surface area contributed by atoms with Crippen molar-refractivity contribution in [2.45, 2.75) is 51.7 Å². The largest absolute Gasteiger partial charge is 0.460 e. The van der Waals surface area contributed by atoms with E-state index in [0.717, 1.165) is 47.8 Å². The van der Waals surface area contributed by atoms with Crippen LogP contribution in [0.15, 0.2) is 48.5 Å². The molecule has 0 spiro atoms. The van der Waals surface area contributed by atoms with Crippen molar-refractivity contribution in [3.05, 3.63) is 65.5 Å². The number of fused-ring (bicyclic) bond motifs is 1. The number of hydrogen-bond donors (Lipinski definition) is 1. The Morgan fingerprint density at radius 3 is 2.32 bits per heavy atom. The van der Waals surface area contributed by atoms with Crippen LogP contribution in [0.25, 0.3) is 10.8 Å². The lowest BCUT2D eigenvalue weighted by molar-refractivity contribution is 0.0885. The molecular weight excluding hydrogens is 350 g/mol. The molecule has 0 saturated heterocycles. The van der Waals surface area contributed by atoms with Gasteiger partial charge in [0.1, 0.15) is 6.10 Å². The summed E-state index contributed by atoms with van der Waals surface area (Å²) in [7, 11) is 0. The molecule has 1 aliphatic carbocycles. The third-order valence-electron chi connectivity index (χ3n) is 5.25. The van der Waals surface area contributed by atoms with Crippen LogP contribution in [0.5, 0.6) is 6.01 Å². The van der Waals surface area contributed by atoms with Crippen molar-refractivity contribution >= 4 is 16.7 Å². The second-order valence-electron chi connectivity index (χ2n) is 7.56. The monoisotopic (exact) mass is 375 g/mol. The normalized spacial score (nSPS) is 19.4. The summed E-state index contributed by atoms with van der Waals surface area (Å²) in [5, 5.41) is 5.40. The van der Waals surface area contributed by atoms with Crippen LogP contribution < -0.4 is 10.1 Å². The average Bonchev–Trinajstić information content (AvgIpc) is 2.68. The number of amides is 1. The highest BCUT2D eigenvalue weighted by atomic mass is 16.5. The van der Waals surface area contributed by atoms with Crippen molar-refractivity contribution in [1.82, 2.24) is 15.3 Å². The van der Waals surface area contributed by atoms with Crippen LogP contribution in [0.1, 0.15) is 47.4 Å². The fourth-order valence-corrected chi connectivity index (χ4v) is 3.82. The van der Waals surface area contributed by atoms with E-state index in [4.69, 9.17) is 4.74 Å². The fraction of sp³-hybridized carbons (Fsp3) is 0.348. The highest BCUT2D eigenvalue weighted by molar-refractivity contribution is 5.98. The van der Waals surface area contributed by atoms with E-state index < -0.39 is 0 Å². The first kappa shape index (κ1) is 18.4. The SMILES string of the molecule is Cc1cc(C)nc(OC2CCC(NC(=O)c3ccc4ccccc4c3)CC2)n1. The molecule has 1 aliphatic rings. The maximum atomic E-state index is 12.6. The van der Waals surface area contributed by atoms with E-state index in [2.05, 4.69) is 21.4 Å². The van der Waals surface area contributed by atoms with Crippen LogP contribution >= 0.6 is 0 Å². The number of rotatable bonds is 4. The lowest BCUT2D eigenvalue weighted by atomic mass is 9.92. The maximum absolute atomic E-state index is 12.6. The molecule has 28 heavy (non-hydrogen) atoms. The molecule has 0 aliphatic heterocycles. The molecule has 1 fully saturated rings. The summed E-state index contributed by atoms with van der Waals surface area (Å²) in [6.45, 7) is 3.89. The molecule has 1 aromatic heterocycles. The minimum absolute atomic E-state index is 0.00670. The minimum atomic E-state index is -0.00670. The highest BCUT2D eigenvalue weighted by Gasteiger charge is 2.24. The molecule has 144 valence electrons. The van der Waals surface area contributed by atoms with E-state index in [0.29, 0.717) is 11.6 Å². The first-order valence-corrected chi connectivity index (χ1v) is 9.85. The third kappa shape index (κ3) is 4.30. The smallest absolute Gasteiger partial charge is 0.317 e. The number of carbonyl (C=O) groups is 1. The lowest BCUT2D eigenvalue weighted by Crippen LogP contribution is -2.39. The fourth-order valence-electron chi connectivity index (χ4n) is 3.82. The number of nitrogens with zero attached hydrogens (tertiary/aromatic N) is 2. The second kappa shape index (κ2) is 7.97. The van der Waals surface area contributed by atoms with Gasteiger partial charge in [-0.15, -0.1) is 0 Å². The maximum Gasteiger partial charge on any atom is 0.317 e. The molecule has 2 aromatic carbocycles. The number of nitrogens with one attached hydrogen (secondary N) is 1. The number of hydrogen-bond acceptors (Lipinski definition) is 4. The van der Waals surface area contributed by atoms with Crippen LogP contribution in [0.2, 0.25) is 0 Å². The second-order valence-corrected chi connectivity index (χ2v) is 7.56. The lowest BCUT2D eigenvalue weighted by Gasteiger charge is -2.29. The number of aryl methyl sites for hydroxylation is 2. The van der Waals surface area contributed by atoms with Gasteiger partial charge >= 0.3 is 6.01 Å². The number of aromatic nitrogens is 2. The molecule has 0 radical (unpaired) electrons. The quantitative estimate of drug-likeness (QED) is 0.736. The van der Waals surface area contributed by atoms with Gasteiger partial charge in [0.05, 0.1) is 0 Å². The predicted molar refractivity (Wildman–Crippen MR) is 110 cm³/mol. The van der Waals surface area contributed by atoms with Gasteiger partial charge in [0, 0.05) is 23.0 Å². The average molecular weight is 375 g/mol. The van der Waals surface area contributed by atoms with Crippen LogP contribution in [0.3, 0.4) is 0 Å². The molecule has 1 saturated carbocycles. The van der Waals surface area contributed by atoms with Crippen molar-refractivity contribution in [2.24, 2.45) is 0 Å². The Morgan fingerprint density at radius 2 is 1.61 bits per heavy atom. The molecular formula is C23H25N3O2. The van der Waals surface area contributed by atoms with E-state index >= 15 is 0 Å². The summed E-state index contributed by atoms with van der Waals surface area (Å²) in [6, 6.07) is 16.5. The Labute approximate surface area is 165 Å². The molecule has 5 nitrogen and oxygen atoms in total. The van der Waals surface area contributed by atoms with E-state index in [9.17, 15) is 4.79 Å². The van der Waals surface area contributed by atoms with Gasteiger partial charge in [-0.1, -0.05) is 30.3 Å². The Balaban J connectivity index is 1.32. The van der Waals surface area contributed by atoms with Crippen LogP contribution in [-0.4, -0.2) is 28.0 Å². The zero-order chi connectivity index (χ0) is 19.5. The van der Waals surface area contributed by atoms with Crippen LogP contribution in [-0.2, 0) is 0 Å². The molecule has 1 heterocycles. The summed E-state index contributed by atoms with van der Waals surface area (Å²) in [5.41, 5.74) is 2.54. The van der Waals surface area contributed by atoms with Crippen molar-refractivity contribution in [3.63, 3.8) is 0 Å². The van der Waals surface area contributed by atoms with Gasteiger partial charge in [-0.25, -0.2) is 9.97 Å².